The Bertz CT molecular complexity index is 216. The van der Waals surface area contributed by atoms with Gasteiger partial charge in [0.2, 0.25) is 0 Å². The lowest BCUT2D eigenvalue weighted by Crippen LogP contribution is -1.76. The molecular formula is C8H11O+. The molecule has 0 spiro atoms. The topological polar surface area (TPSA) is 22.9 Å². The first-order valence-corrected chi connectivity index (χ1v) is 2.99. The molecule has 0 fully saturated rings. The zero-order valence-electron chi connectivity index (χ0n) is 5.73. The van der Waals surface area contributed by atoms with Crippen LogP contribution in [-0.2, 0) is 0 Å². The second kappa shape index (κ2) is 2.09. The largest absolute Gasteiger partial charge is 0.593 e. The molecule has 0 unspecified atom stereocenters. The van der Waals surface area contributed by atoms with Crippen LogP contribution in [0, 0.1) is 13.8 Å². The third kappa shape index (κ3) is 1.22. The molecule has 0 heterocycles. The Morgan fingerprint density at radius 2 is 1.78 bits per heavy atom. The second-order valence-corrected chi connectivity index (χ2v) is 2.30. The lowest BCUT2D eigenvalue weighted by molar-refractivity contribution is 0.474. The van der Waals surface area contributed by atoms with Gasteiger partial charge in [0, 0.05) is 12.1 Å². The van der Waals surface area contributed by atoms with Gasteiger partial charge in [-0.2, -0.15) is 0 Å². The molecule has 0 aliphatic heterocycles. The third-order valence-corrected chi connectivity index (χ3v) is 1.51. The van der Waals surface area contributed by atoms with Crippen LogP contribution < -0.4 is 0 Å². The third-order valence-electron chi connectivity index (χ3n) is 1.51. The summed E-state index contributed by atoms with van der Waals surface area (Å²) in [5, 5.41) is 7.23. The average molecular weight is 123 g/mol. The first kappa shape index (κ1) is 6.14. The molecule has 0 bridgehead atoms. The van der Waals surface area contributed by atoms with Crippen LogP contribution >= 0.6 is 0 Å². The Balaban J connectivity index is 3.17. The highest BCUT2D eigenvalue weighted by atomic mass is 16.3. The molecular weight excluding hydrogens is 112 g/mol. The van der Waals surface area contributed by atoms with Crippen LogP contribution in [0.4, 0.5) is 0 Å². The van der Waals surface area contributed by atoms with E-state index in [0.717, 1.165) is 0 Å². The van der Waals surface area contributed by atoms with E-state index in [1.807, 2.05) is 25.1 Å². The predicted molar refractivity (Wildman–Crippen MR) is 39.0 cm³/mol. The normalized spacial score (nSPS) is 9.56. The van der Waals surface area contributed by atoms with Gasteiger partial charge in [0.1, 0.15) is 0 Å². The molecule has 0 aliphatic rings. The maximum atomic E-state index is 7.23. The molecule has 0 atom stereocenters. The molecule has 48 valence electrons. The number of aryl methyl sites for hydroxylation is 2. The lowest BCUT2D eigenvalue weighted by Gasteiger charge is -1.95. The Kier molecular flexibility index (Phi) is 1.43. The molecule has 1 aromatic rings. The minimum atomic E-state index is 0.595. The van der Waals surface area contributed by atoms with Crippen LogP contribution in [0.2, 0.25) is 0 Å². The van der Waals surface area contributed by atoms with Crippen LogP contribution in [0.5, 0.6) is 5.75 Å². The van der Waals surface area contributed by atoms with Crippen molar-refractivity contribution < 1.29 is 5.11 Å². The maximum Gasteiger partial charge on any atom is 0.254 e. The summed E-state index contributed by atoms with van der Waals surface area (Å²) in [7, 11) is 0. The van der Waals surface area contributed by atoms with Crippen molar-refractivity contribution in [1.29, 1.82) is 0 Å². The molecule has 0 aliphatic carbocycles. The standard InChI is InChI=1S/C8H10O/c1-6-3-4-8(9)5-7(6)2/h3-5,9H,1-2H3/p+1. The highest BCUT2D eigenvalue weighted by Gasteiger charge is 1.94. The number of hydrogen-bond donors (Lipinski definition) is 0. The second-order valence-electron chi connectivity index (χ2n) is 2.30. The van der Waals surface area contributed by atoms with Gasteiger partial charge >= 0.3 is 0 Å². The van der Waals surface area contributed by atoms with Gasteiger partial charge in [0.25, 0.3) is 5.75 Å². The van der Waals surface area contributed by atoms with E-state index < -0.39 is 0 Å². The quantitative estimate of drug-likeness (QED) is 0.469. The minimum absolute atomic E-state index is 0.595. The SMILES string of the molecule is Cc1ccc([OH2+])cc1C. The van der Waals surface area contributed by atoms with Crippen LogP contribution in [0.25, 0.3) is 0 Å². The first-order chi connectivity index (χ1) is 4.20. The van der Waals surface area contributed by atoms with Crippen molar-refractivity contribution in [2.75, 3.05) is 0 Å². The Labute approximate surface area is 55.0 Å². The van der Waals surface area contributed by atoms with E-state index in [0.29, 0.717) is 5.75 Å². The van der Waals surface area contributed by atoms with E-state index in [9.17, 15) is 0 Å². The van der Waals surface area contributed by atoms with Gasteiger partial charge in [-0.1, -0.05) is 0 Å². The van der Waals surface area contributed by atoms with Gasteiger partial charge in [0.15, 0.2) is 0 Å². The summed E-state index contributed by atoms with van der Waals surface area (Å²) in [5.41, 5.74) is 2.45. The van der Waals surface area contributed by atoms with Gasteiger partial charge in [0.05, 0.1) is 0 Å². The van der Waals surface area contributed by atoms with Crippen molar-refractivity contribution >= 4 is 0 Å². The van der Waals surface area contributed by atoms with Crippen molar-refractivity contribution in [2.45, 2.75) is 13.8 Å². The Morgan fingerprint density at radius 1 is 1.11 bits per heavy atom. The summed E-state index contributed by atoms with van der Waals surface area (Å²) in [4.78, 5) is 0. The number of hydrogen-bond acceptors (Lipinski definition) is 0. The van der Waals surface area contributed by atoms with Crippen molar-refractivity contribution in [1.82, 2.24) is 0 Å². The molecule has 1 heteroatoms. The molecule has 1 aromatic carbocycles. The highest BCUT2D eigenvalue weighted by molar-refractivity contribution is 5.32. The van der Waals surface area contributed by atoms with Gasteiger partial charge in [-0.25, -0.2) is 0 Å². The smallest absolute Gasteiger partial charge is 0.254 e. The fraction of sp³-hybridized carbons (Fsp3) is 0.250. The lowest BCUT2D eigenvalue weighted by atomic mass is 10.1. The van der Waals surface area contributed by atoms with E-state index in [1.54, 1.807) is 0 Å². The van der Waals surface area contributed by atoms with Crippen LogP contribution in [0.1, 0.15) is 11.1 Å². The Hall–Kier alpha value is -0.980. The van der Waals surface area contributed by atoms with Crippen LogP contribution in [-0.4, -0.2) is 5.11 Å². The molecule has 9 heavy (non-hydrogen) atoms. The van der Waals surface area contributed by atoms with E-state index in [-0.39, 0.29) is 0 Å². The van der Waals surface area contributed by atoms with Gasteiger partial charge in [-0.05, 0) is 31.0 Å². The molecule has 1 nitrogen and oxygen atoms in total. The van der Waals surface area contributed by atoms with Gasteiger partial charge < -0.3 is 5.11 Å². The van der Waals surface area contributed by atoms with E-state index in [2.05, 4.69) is 6.92 Å². The zero-order chi connectivity index (χ0) is 6.85. The fourth-order valence-corrected chi connectivity index (χ4v) is 0.741. The van der Waals surface area contributed by atoms with E-state index >= 15 is 0 Å². The zero-order valence-corrected chi connectivity index (χ0v) is 5.73. The minimum Gasteiger partial charge on any atom is -0.593 e. The van der Waals surface area contributed by atoms with E-state index in [4.69, 9.17) is 5.11 Å². The molecule has 0 aromatic heterocycles. The molecule has 2 N–H and O–H groups in total. The summed E-state index contributed by atoms with van der Waals surface area (Å²) >= 11 is 0. The summed E-state index contributed by atoms with van der Waals surface area (Å²) in [6, 6.07) is 5.65. The fourth-order valence-electron chi connectivity index (χ4n) is 0.741. The molecule has 0 radical (unpaired) electrons. The van der Waals surface area contributed by atoms with Crippen molar-refractivity contribution in [2.24, 2.45) is 0 Å². The molecule has 0 saturated carbocycles. The van der Waals surface area contributed by atoms with Crippen molar-refractivity contribution in [3.05, 3.63) is 29.3 Å². The molecule has 0 saturated heterocycles. The van der Waals surface area contributed by atoms with Gasteiger partial charge in [-0.15, -0.1) is 0 Å². The summed E-state index contributed by atoms with van der Waals surface area (Å²) in [5.74, 6) is 0.595. The summed E-state index contributed by atoms with van der Waals surface area (Å²) in [6.07, 6.45) is 0. The summed E-state index contributed by atoms with van der Waals surface area (Å²) in [6.45, 7) is 4.07. The monoisotopic (exact) mass is 123 g/mol. The van der Waals surface area contributed by atoms with E-state index in [1.165, 1.54) is 11.1 Å². The Morgan fingerprint density at radius 3 is 2.22 bits per heavy atom. The van der Waals surface area contributed by atoms with Gasteiger partial charge in [-0.3, -0.25) is 0 Å². The molecule has 1 rings (SSSR count). The predicted octanol–water partition coefficient (Wildman–Crippen LogP) is 1.74. The highest BCUT2D eigenvalue weighted by Crippen LogP contribution is 2.13. The van der Waals surface area contributed by atoms with Crippen LogP contribution in [0.15, 0.2) is 18.2 Å². The first-order valence-electron chi connectivity index (χ1n) is 2.99. The number of rotatable bonds is 0. The van der Waals surface area contributed by atoms with Crippen LogP contribution in [0.3, 0.4) is 0 Å². The average Bonchev–Trinajstić information content (AvgIpc) is 1.80. The van der Waals surface area contributed by atoms with Crippen molar-refractivity contribution in [3.8, 4) is 5.75 Å². The maximum absolute atomic E-state index is 7.23. The number of benzene rings is 1. The molecule has 0 amide bonds. The van der Waals surface area contributed by atoms with Crippen molar-refractivity contribution in [3.63, 3.8) is 0 Å². The summed E-state index contributed by atoms with van der Waals surface area (Å²) < 4.78 is 0.